The van der Waals surface area contributed by atoms with E-state index in [0.29, 0.717) is 16.9 Å². The number of benzene rings is 1. The molecule has 0 spiro atoms. The first-order valence-electron chi connectivity index (χ1n) is 7.21. The second-order valence-corrected chi connectivity index (χ2v) is 5.85. The molecule has 5 heteroatoms. The summed E-state index contributed by atoms with van der Waals surface area (Å²) < 4.78 is 31.8. The third-order valence-corrected chi connectivity index (χ3v) is 4.04. The van der Waals surface area contributed by atoms with Crippen molar-refractivity contribution in [2.75, 3.05) is 26.2 Å². The molecule has 1 aliphatic rings. The number of hydrogen-bond acceptors (Lipinski definition) is 2. The van der Waals surface area contributed by atoms with Gasteiger partial charge in [0.15, 0.2) is 11.6 Å². The van der Waals surface area contributed by atoms with Crippen molar-refractivity contribution < 1.29 is 18.1 Å². The molecule has 0 amide bonds. The van der Waals surface area contributed by atoms with Crippen LogP contribution in [0.1, 0.15) is 26.2 Å². The van der Waals surface area contributed by atoms with Crippen LogP contribution < -0.4 is 10.6 Å². The van der Waals surface area contributed by atoms with Crippen LogP contribution in [0.5, 0.6) is 5.75 Å². The molecule has 1 heterocycles. The molecule has 20 heavy (non-hydrogen) atoms. The van der Waals surface area contributed by atoms with Crippen LogP contribution >= 0.6 is 0 Å². The van der Waals surface area contributed by atoms with E-state index in [2.05, 4.69) is 6.92 Å². The quantitative estimate of drug-likeness (QED) is 0.513. The van der Waals surface area contributed by atoms with Crippen LogP contribution in [-0.2, 0) is 0 Å². The topological polar surface area (TPSA) is 35.2 Å². The summed E-state index contributed by atoms with van der Waals surface area (Å²) in [6.45, 7) is 5.60. The summed E-state index contributed by atoms with van der Waals surface area (Å²) >= 11 is 0. The van der Waals surface area contributed by atoms with Crippen molar-refractivity contribution in [3.8, 4) is 5.75 Å². The Labute approximate surface area is 118 Å². The highest BCUT2D eigenvalue weighted by atomic mass is 19.2. The van der Waals surface area contributed by atoms with Gasteiger partial charge in [-0.05, 0) is 18.1 Å². The van der Waals surface area contributed by atoms with E-state index in [4.69, 9.17) is 10.6 Å². The van der Waals surface area contributed by atoms with Crippen LogP contribution in [0.25, 0.3) is 0 Å². The zero-order chi connectivity index (χ0) is 14.6. The van der Waals surface area contributed by atoms with E-state index in [9.17, 15) is 8.78 Å². The van der Waals surface area contributed by atoms with Crippen molar-refractivity contribution in [1.82, 2.24) is 0 Å². The van der Waals surface area contributed by atoms with Crippen molar-refractivity contribution in [3.05, 3.63) is 29.8 Å². The standard InChI is InChI=1S/C15H23F2N2O/c1-12-5-8-19(18,9-6-12)7-2-10-20-13-3-4-14(16)15(17)11-13/h3-4,11-12H,2,5-10,18H2,1H3/q+1. The first-order valence-corrected chi connectivity index (χ1v) is 7.21. The number of likely N-dealkylation sites (tertiary alicyclic amines) is 1. The molecule has 0 radical (unpaired) electrons. The van der Waals surface area contributed by atoms with Crippen molar-refractivity contribution in [2.24, 2.45) is 11.8 Å². The lowest BCUT2D eigenvalue weighted by atomic mass is 9.98. The van der Waals surface area contributed by atoms with Crippen LogP contribution in [0.4, 0.5) is 8.78 Å². The number of nitrogens with two attached hydrogens (primary N) is 1. The Morgan fingerprint density at radius 3 is 2.60 bits per heavy atom. The van der Waals surface area contributed by atoms with Gasteiger partial charge in [-0.3, -0.25) is 0 Å². The van der Waals surface area contributed by atoms with Gasteiger partial charge in [0.25, 0.3) is 0 Å². The molecule has 0 unspecified atom stereocenters. The normalized spacial score (nSPS) is 26.5. The van der Waals surface area contributed by atoms with Crippen molar-refractivity contribution in [3.63, 3.8) is 0 Å². The van der Waals surface area contributed by atoms with Crippen LogP contribution in [0.15, 0.2) is 18.2 Å². The highest BCUT2D eigenvalue weighted by Crippen LogP contribution is 2.20. The Kier molecular flexibility index (Phi) is 4.94. The van der Waals surface area contributed by atoms with Gasteiger partial charge in [-0.25, -0.2) is 13.4 Å². The first-order chi connectivity index (χ1) is 9.48. The largest absolute Gasteiger partial charge is 0.493 e. The van der Waals surface area contributed by atoms with Gasteiger partial charge in [0, 0.05) is 25.3 Å². The molecule has 0 bridgehead atoms. The van der Waals surface area contributed by atoms with E-state index in [1.807, 2.05) is 0 Å². The SMILES string of the molecule is CC1CC[N+](N)(CCCOc2ccc(F)c(F)c2)CC1. The zero-order valence-electron chi connectivity index (χ0n) is 11.9. The Hall–Kier alpha value is -1.20. The van der Waals surface area contributed by atoms with Crippen LogP contribution in [0, 0.1) is 17.6 Å². The summed E-state index contributed by atoms with van der Waals surface area (Å²) in [5.41, 5.74) is 0. The highest BCUT2D eigenvalue weighted by Gasteiger charge is 2.28. The van der Waals surface area contributed by atoms with Crippen molar-refractivity contribution in [2.45, 2.75) is 26.2 Å². The molecule has 112 valence electrons. The smallest absolute Gasteiger partial charge is 0.162 e. The second-order valence-electron chi connectivity index (χ2n) is 5.85. The number of quaternary nitrogens is 1. The van der Waals surface area contributed by atoms with Gasteiger partial charge in [0.05, 0.1) is 26.2 Å². The number of nitrogens with zero attached hydrogens (tertiary/aromatic N) is 1. The minimum atomic E-state index is -0.880. The van der Waals surface area contributed by atoms with Crippen LogP contribution in [-0.4, -0.2) is 30.8 Å². The van der Waals surface area contributed by atoms with E-state index < -0.39 is 11.6 Å². The monoisotopic (exact) mass is 285 g/mol. The Morgan fingerprint density at radius 2 is 1.95 bits per heavy atom. The predicted molar refractivity (Wildman–Crippen MR) is 73.9 cm³/mol. The third-order valence-electron chi connectivity index (χ3n) is 4.04. The molecule has 3 nitrogen and oxygen atoms in total. The Bertz CT molecular complexity index is 445. The minimum Gasteiger partial charge on any atom is -0.493 e. The molecule has 1 saturated heterocycles. The van der Waals surface area contributed by atoms with Crippen molar-refractivity contribution >= 4 is 0 Å². The number of hydrogen-bond donors (Lipinski definition) is 1. The first kappa shape index (κ1) is 15.2. The molecule has 0 aromatic heterocycles. The molecule has 0 saturated carbocycles. The maximum Gasteiger partial charge on any atom is 0.162 e. The Balaban J connectivity index is 1.72. The van der Waals surface area contributed by atoms with E-state index in [0.717, 1.165) is 44.1 Å². The van der Waals surface area contributed by atoms with Gasteiger partial charge >= 0.3 is 0 Å². The summed E-state index contributed by atoms with van der Waals surface area (Å²) in [5.74, 6) is 5.71. The minimum absolute atomic E-state index is 0.361. The molecule has 1 aromatic rings. The number of ether oxygens (including phenoxy) is 1. The molecule has 2 N–H and O–H groups in total. The molecule has 1 fully saturated rings. The molecular weight excluding hydrogens is 262 g/mol. The van der Waals surface area contributed by atoms with Crippen LogP contribution in [0.3, 0.4) is 0 Å². The fourth-order valence-corrected chi connectivity index (χ4v) is 2.57. The van der Waals surface area contributed by atoms with Gasteiger partial charge in [0.1, 0.15) is 5.75 Å². The maximum atomic E-state index is 13.0. The average Bonchev–Trinajstić information content (AvgIpc) is 2.43. The molecule has 0 aliphatic carbocycles. The molecule has 0 atom stereocenters. The Morgan fingerprint density at radius 1 is 1.25 bits per heavy atom. The maximum absolute atomic E-state index is 13.0. The fourth-order valence-electron chi connectivity index (χ4n) is 2.57. The number of rotatable bonds is 5. The van der Waals surface area contributed by atoms with Gasteiger partial charge < -0.3 is 4.74 Å². The predicted octanol–water partition coefficient (Wildman–Crippen LogP) is 2.85. The summed E-state index contributed by atoms with van der Waals surface area (Å²) in [5, 5.41) is 0. The lowest BCUT2D eigenvalue weighted by Gasteiger charge is -2.38. The van der Waals surface area contributed by atoms with Gasteiger partial charge in [-0.15, -0.1) is 0 Å². The van der Waals surface area contributed by atoms with E-state index in [-0.39, 0.29) is 0 Å². The molecule has 1 aliphatic heterocycles. The average molecular weight is 285 g/mol. The van der Waals surface area contributed by atoms with Gasteiger partial charge in [-0.1, -0.05) is 6.92 Å². The molecule has 2 rings (SSSR count). The van der Waals surface area contributed by atoms with E-state index in [1.54, 1.807) is 0 Å². The number of piperidine rings is 1. The zero-order valence-corrected chi connectivity index (χ0v) is 11.9. The second kappa shape index (κ2) is 6.50. The summed E-state index contributed by atoms with van der Waals surface area (Å²) in [6.07, 6.45) is 3.14. The van der Waals surface area contributed by atoms with E-state index >= 15 is 0 Å². The lowest BCUT2D eigenvalue weighted by molar-refractivity contribution is -0.945. The van der Waals surface area contributed by atoms with Crippen molar-refractivity contribution in [1.29, 1.82) is 0 Å². The summed E-state index contributed by atoms with van der Waals surface area (Å²) in [4.78, 5) is 0. The molecular formula is C15H23F2N2O+. The third kappa shape index (κ3) is 4.15. The number of halogens is 2. The van der Waals surface area contributed by atoms with Gasteiger partial charge in [0.2, 0.25) is 0 Å². The lowest BCUT2D eigenvalue weighted by Crippen LogP contribution is -2.58. The highest BCUT2D eigenvalue weighted by molar-refractivity contribution is 5.23. The van der Waals surface area contributed by atoms with Gasteiger partial charge in [-0.2, -0.15) is 5.84 Å². The van der Waals surface area contributed by atoms with E-state index in [1.165, 1.54) is 18.9 Å². The summed E-state index contributed by atoms with van der Waals surface area (Å²) in [6, 6.07) is 3.59. The fraction of sp³-hybridized carbons (Fsp3) is 0.600. The van der Waals surface area contributed by atoms with Crippen LogP contribution in [0.2, 0.25) is 0 Å². The molecule has 1 aromatic carbocycles. The summed E-state index contributed by atoms with van der Waals surface area (Å²) in [7, 11) is 0.